The number of piperidine rings is 1. The first-order valence-electron chi connectivity index (χ1n) is 5.66. The minimum absolute atomic E-state index is 0.0439. The van der Waals surface area contributed by atoms with Crippen LogP contribution in [0.2, 0.25) is 0 Å². The van der Waals surface area contributed by atoms with Crippen molar-refractivity contribution in [1.82, 2.24) is 4.90 Å². The van der Waals surface area contributed by atoms with E-state index in [-0.39, 0.29) is 11.7 Å². The van der Waals surface area contributed by atoms with Gasteiger partial charge in [-0.3, -0.25) is 9.59 Å². The molecule has 0 unspecified atom stereocenters. The molecule has 17 heavy (non-hydrogen) atoms. The maximum absolute atomic E-state index is 12.3. The molecule has 0 aromatic heterocycles. The van der Waals surface area contributed by atoms with Crippen LogP contribution in [0.4, 0.5) is 0 Å². The third kappa shape index (κ3) is 2.69. The zero-order chi connectivity index (χ0) is 12.3. The molecule has 1 aromatic rings. The molecule has 2 rings (SSSR count). The van der Waals surface area contributed by atoms with Crippen LogP contribution >= 0.6 is 11.8 Å². The van der Waals surface area contributed by atoms with Gasteiger partial charge in [0.2, 0.25) is 0 Å². The summed E-state index contributed by atoms with van der Waals surface area (Å²) in [6.45, 7) is 1.11. The topological polar surface area (TPSA) is 37.4 Å². The quantitative estimate of drug-likeness (QED) is 0.754. The third-order valence-corrected chi connectivity index (χ3v) is 3.74. The maximum Gasteiger partial charge on any atom is 0.255 e. The van der Waals surface area contributed by atoms with Crippen LogP contribution in [0.3, 0.4) is 0 Å². The molecular weight excluding hydrogens is 234 g/mol. The zero-order valence-corrected chi connectivity index (χ0v) is 10.6. The molecule has 1 amide bonds. The third-order valence-electron chi connectivity index (χ3n) is 2.95. The van der Waals surface area contributed by atoms with Gasteiger partial charge in [-0.1, -0.05) is 12.1 Å². The van der Waals surface area contributed by atoms with Gasteiger partial charge in [0, 0.05) is 30.8 Å². The molecule has 0 atom stereocenters. The summed E-state index contributed by atoms with van der Waals surface area (Å²) >= 11 is 1.57. The smallest absolute Gasteiger partial charge is 0.255 e. The summed E-state index contributed by atoms with van der Waals surface area (Å²) < 4.78 is 0. The number of hydrogen-bond donors (Lipinski definition) is 0. The van der Waals surface area contributed by atoms with E-state index in [1.165, 1.54) is 0 Å². The van der Waals surface area contributed by atoms with E-state index in [4.69, 9.17) is 0 Å². The fourth-order valence-corrected chi connectivity index (χ4v) is 2.54. The summed E-state index contributed by atoms with van der Waals surface area (Å²) in [5, 5.41) is 0. The van der Waals surface area contributed by atoms with Crippen LogP contribution in [0.15, 0.2) is 29.2 Å². The van der Waals surface area contributed by atoms with Gasteiger partial charge >= 0.3 is 0 Å². The van der Waals surface area contributed by atoms with E-state index in [0.29, 0.717) is 25.9 Å². The fraction of sp³-hybridized carbons (Fsp3) is 0.385. The molecule has 1 aliphatic heterocycles. The highest BCUT2D eigenvalue weighted by atomic mass is 32.2. The molecule has 0 aliphatic carbocycles. The van der Waals surface area contributed by atoms with Crippen LogP contribution in [0, 0.1) is 0 Å². The highest BCUT2D eigenvalue weighted by Gasteiger charge is 2.23. The maximum atomic E-state index is 12.3. The number of ketones is 1. The van der Waals surface area contributed by atoms with Crippen LogP contribution in [0.25, 0.3) is 0 Å². The lowest BCUT2D eigenvalue weighted by molar-refractivity contribution is -0.120. The Morgan fingerprint density at radius 2 is 1.88 bits per heavy atom. The second-order valence-corrected chi connectivity index (χ2v) is 4.88. The second kappa shape index (κ2) is 5.36. The first kappa shape index (κ1) is 12.2. The number of nitrogens with zero attached hydrogens (tertiary/aromatic N) is 1. The number of Topliss-reactive ketones (excluding diaryl/α,β-unsaturated/α-hetero) is 1. The van der Waals surface area contributed by atoms with E-state index in [0.717, 1.165) is 10.5 Å². The van der Waals surface area contributed by atoms with Crippen molar-refractivity contribution < 1.29 is 9.59 Å². The Kier molecular flexibility index (Phi) is 3.84. The van der Waals surface area contributed by atoms with E-state index < -0.39 is 0 Å². The largest absolute Gasteiger partial charge is 0.338 e. The molecule has 0 bridgehead atoms. The van der Waals surface area contributed by atoms with Gasteiger partial charge in [-0.25, -0.2) is 0 Å². The average molecular weight is 249 g/mol. The van der Waals surface area contributed by atoms with Gasteiger partial charge in [0.15, 0.2) is 0 Å². The molecule has 0 saturated carbocycles. The number of amides is 1. The van der Waals surface area contributed by atoms with E-state index in [1.807, 2.05) is 30.5 Å². The molecule has 3 nitrogen and oxygen atoms in total. The van der Waals surface area contributed by atoms with Gasteiger partial charge in [-0.15, -0.1) is 11.8 Å². The van der Waals surface area contributed by atoms with Crippen LogP contribution < -0.4 is 0 Å². The Morgan fingerprint density at radius 1 is 1.24 bits per heavy atom. The predicted octanol–water partition coefficient (Wildman–Crippen LogP) is 2.21. The minimum atomic E-state index is 0.0439. The van der Waals surface area contributed by atoms with E-state index in [1.54, 1.807) is 16.7 Å². The Bertz CT molecular complexity index is 435. The molecule has 90 valence electrons. The number of likely N-dealkylation sites (tertiary alicyclic amines) is 1. The van der Waals surface area contributed by atoms with Crippen molar-refractivity contribution in [3.63, 3.8) is 0 Å². The molecule has 4 heteroatoms. The van der Waals surface area contributed by atoms with E-state index in [9.17, 15) is 9.59 Å². The Balaban J connectivity index is 2.16. The summed E-state index contributed by atoms with van der Waals surface area (Å²) in [6, 6.07) is 7.61. The van der Waals surface area contributed by atoms with Crippen molar-refractivity contribution in [2.45, 2.75) is 17.7 Å². The molecule has 1 aromatic carbocycles. The number of carbonyl (C=O) groups excluding carboxylic acids is 2. The lowest BCUT2D eigenvalue weighted by Crippen LogP contribution is -2.38. The Labute approximate surface area is 105 Å². The SMILES string of the molecule is CSc1ccccc1C(=O)N1CCC(=O)CC1. The van der Waals surface area contributed by atoms with Crippen LogP contribution in [0.5, 0.6) is 0 Å². The van der Waals surface area contributed by atoms with Crippen molar-refractivity contribution in [3.05, 3.63) is 29.8 Å². The lowest BCUT2D eigenvalue weighted by Gasteiger charge is -2.26. The summed E-state index contributed by atoms with van der Waals surface area (Å²) in [7, 11) is 0. The van der Waals surface area contributed by atoms with Gasteiger partial charge < -0.3 is 4.90 Å². The van der Waals surface area contributed by atoms with Gasteiger partial charge in [0.1, 0.15) is 5.78 Å². The molecular formula is C13H15NO2S. The number of carbonyl (C=O) groups is 2. The van der Waals surface area contributed by atoms with Gasteiger partial charge in [-0.05, 0) is 18.4 Å². The second-order valence-electron chi connectivity index (χ2n) is 4.03. The van der Waals surface area contributed by atoms with Gasteiger partial charge in [0.25, 0.3) is 5.91 Å². The Hall–Kier alpha value is -1.29. The normalized spacial score (nSPS) is 16.1. The number of hydrogen-bond acceptors (Lipinski definition) is 3. The van der Waals surface area contributed by atoms with E-state index >= 15 is 0 Å². The molecule has 1 aliphatic rings. The molecule has 1 fully saturated rings. The Morgan fingerprint density at radius 3 is 2.53 bits per heavy atom. The van der Waals surface area contributed by atoms with Crippen molar-refractivity contribution in [3.8, 4) is 0 Å². The molecule has 1 saturated heterocycles. The highest BCUT2D eigenvalue weighted by molar-refractivity contribution is 7.98. The molecule has 1 heterocycles. The number of benzene rings is 1. The number of thioether (sulfide) groups is 1. The van der Waals surface area contributed by atoms with E-state index in [2.05, 4.69) is 0 Å². The lowest BCUT2D eigenvalue weighted by atomic mass is 10.1. The van der Waals surface area contributed by atoms with Crippen molar-refractivity contribution >= 4 is 23.5 Å². The predicted molar refractivity (Wildman–Crippen MR) is 68.4 cm³/mol. The zero-order valence-electron chi connectivity index (χ0n) is 9.81. The molecule has 0 N–H and O–H groups in total. The first-order valence-corrected chi connectivity index (χ1v) is 6.89. The summed E-state index contributed by atoms with van der Waals surface area (Å²) in [5.74, 6) is 0.301. The van der Waals surface area contributed by atoms with Crippen molar-refractivity contribution in [2.75, 3.05) is 19.3 Å². The number of rotatable bonds is 2. The minimum Gasteiger partial charge on any atom is -0.338 e. The molecule has 0 spiro atoms. The molecule has 0 radical (unpaired) electrons. The van der Waals surface area contributed by atoms with Crippen LogP contribution in [-0.4, -0.2) is 35.9 Å². The van der Waals surface area contributed by atoms with Crippen molar-refractivity contribution in [2.24, 2.45) is 0 Å². The average Bonchev–Trinajstić information content (AvgIpc) is 2.39. The fourth-order valence-electron chi connectivity index (χ4n) is 1.95. The highest BCUT2D eigenvalue weighted by Crippen LogP contribution is 2.22. The first-order chi connectivity index (χ1) is 8.22. The van der Waals surface area contributed by atoms with Gasteiger partial charge in [-0.2, -0.15) is 0 Å². The standard InChI is InChI=1S/C13H15NO2S/c1-17-12-5-3-2-4-11(12)13(16)14-8-6-10(15)7-9-14/h2-5H,6-9H2,1H3. The summed E-state index contributed by atoms with van der Waals surface area (Å²) in [5.41, 5.74) is 0.745. The van der Waals surface area contributed by atoms with Gasteiger partial charge in [0.05, 0.1) is 5.56 Å². The van der Waals surface area contributed by atoms with Crippen LogP contribution in [-0.2, 0) is 4.79 Å². The summed E-state index contributed by atoms with van der Waals surface area (Å²) in [6.07, 6.45) is 2.95. The van der Waals surface area contributed by atoms with Crippen LogP contribution in [0.1, 0.15) is 23.2 Å². The summed E-state index contributed by atoms with van der Waals surface area (Å²) in [4.78, 5) is 26.2. The monoisotopic (exact) mass is 249 g/mol. The van der Waals surface area contributed by atoms with Crippen molar-refractivity contribution in [1.29, 1.82) is 0 Å².